The molecule has 1 fully saturated rings. The Morgan fingerprint density at radius 2 is 1.82 bits per heavy atom. The van der Waals surface area contributed by atoms with Gasteiger partial charge in [-0.3, -0.25) is 0 Å². The summed E-state index contributed by atoms with van der Waals surface area (Å²) in [6.45, 7) is 5.21. The average Bonchev–Trinajstić information content (AvgIpc) is 3.00. The van der Waals surface area contributed by atoms with Crippen molar-refractivity contribution in [3.05, 3.63) is 77.9 Å². The predicted molar refractivity (Wildman–Crippen MR) is 132 cm³/mol. The minimum atomic E-state index is -3.59. The normalized spacial score (nSPS) is 18.3. The maximum atomic E-state index is 13.4. The van der Waals surface area contributed by atoms with Gasteiger partial charge in [0, 0.05) is 25.7 Å². The van der Waals surface area contributed by atoms with Crippen LogP contribution in [0.2, 0.25) is 0 Å². The molecule has 0 aromatic heterocycles. The molecule has 2 heterocycles. The fourth-order valence-electron chi connectivity index (χ4n) is 4.52. The number of piperazine rings is 1. The number of sulfonamides is 1. The van der Waals surface area contributed by atoms with Crippen LogP contribution in [-0.4, -0.2) is 56.2 Å². The van der Waals surface area contributed by atoms with Crippen LogP contribution in [0.3, 0.4) is 0 Å². The third-order valence-electron chi connectivity index (χ3n) is 6.21. The number of aryl methyl sites for hydroxylation is 1. The molecule has 0 bridgehead atoms. The fourth-order valence-corrected chi connectivity index (χ4v) is 6.24. The Bertz CT molecular complexity index is 1370. The molecule has 34 heavy (non-hydrogen) atoms. The van der Waals surface area contributed by atoms with Crippen molar-refractivity contribution in [2.24, 2.45) is 4.99 Å². The smallest absolute Gasteiger partial charge is 0.243 e. The van der Waals surface area contributed by atoms with Gasteiger partial charge in [0.15, 0.2) is 17.2 Å². The topological polar surface area (TPSA) is 71.4 Å². The van der Waals surface area contributed by atoms with Crippen molar-refractivity contribution >= 4 is 21.5 Å². The first-order valence-electron chi connectivity index (χ1n) is 11.2. The van der Waals surface area contributed by atoms with Crippen molar-refractivity contribution in [2.75, 3.05) is 26.7 Å². The lowest BCUT2D eigenvalue weighted by Crippen LogP contribution is -2.55. The lowest BCUT2D eigenvalue weighted by atomic mass is 10.1. The van der Waals surface area contributed by atoms with E-state index in [-0.39, 0.29) is 6.04 Å². The van der Waals surface area contributed by atoms with E-state index >= 15 is 0 Å². The first-order chi connectivity index (χ1) is 16.4. The molecule has 2 aliphatic heterocycles. The van der Waals surface area contributed by atoms with Gasteiger partial charge in [-0.2, -0.15) is 4.31 Å². The monoisotopic (exact) mass is 477 g/mol. The molecule has 0 saturated carbocycles. The van der Waals surface area contributed by atoms with Crippen molar-refractivity contribution in [1.29, 1.82) is 0 Å². The zero-order valence-corrected chi connectivity index (χ0v) is 20.2. The molecule has 176 valence electrons. The van der Waals surface area contributed by atoms with Gasteiger partial charge in [0.05, 0.1) is 17.6 Å². The van der Waals surface area contributed by atoms with Crippen LogP contribution < -0.4 is 9.47 Å². The van der Waals surface area contributed by atoms with Crippen molar-refractivity contribution in [1.82, 2.24) is 9.21 Å². The standard InChI is InChI=1S/C26H27N3O4S/c1-18-8-6-9-20(16-18)34(30,31)29-15-14-28(17-19(29)2)26-21-10-7-13-24(32-3)25(21)33-23-12-5-4-11-22(23)27-26/h4-13,16,19H,14-15,17H2,1-3H3/t19-/m1/s1. The zero-order chi connectivity index (χ0) is 23.9. The summed E-state index contributed by atoms with van der Waals surface area (Å²) in [6, 6.07) is 20.2. The second-order valence-corrected chi connectivity index (χ2v) is 10.5. The summed E-state index contributed by atoms with van der Waals surface area (Å²) in [5.74, 6) is 2.63. The number of ether oxygens (including phenoxy) is 2. The summed E-state index contributed by atoms with van der Waals surface area (Å²) in [5.41, 5.74) is 2.46. The minimum Gasteiger partial charge on any atom is -0.493 e. The van der Waals surface area contributed by atoms with Crippen molar-refractivity contribution in [2.45, 2.75) is 24.8 Å². The summed E-state index contributed by atoms with van der Waals surface area (Å²) in [7, 11) is -1.98. The third-order valence-corrected chi connectivity index (χ3v) is 8.22. The first kappa shape index (κ1) is 22.4. The highest BCUT2D eigenvalue weighted by Gasteiger charge is 2.36. The Balaban J connectivity index is 1.50. The van der Waals surface area contributed by atoms with E-state index in [0.29, 0.717) is 41.8 Å². The predicted octanol–water partition coefficient (Wildman–Crippen LogP) is 4.58. The van der Waals surface area contributed by atoms with Crippen LogP contribution in [0.1, 0.15) is 18.1 Å². The summed E-state index contributed by atoms with van der Waals surface area (Å²) >= 11 is 0. The van der Waals surface area contributed by atoms with E-state index in [2.05, 4.69) is 4.90 Å². The molecular weight excluding hydrogens is 450 g/mol. The second kappa shape index (κ2) is 8.77. The number of rotatable bonds is 3. The number of amidine groups is 1. The van der Waals surface area contributed by atoms with Gasteiger partial charge in [0.25, 0.3) is 0 Å². The molecule has 0 radical (unpaired) electrons. The third kappa shape index (κ3) is 3.93. The Labute approximate surface area is 200 Å². The van der Waals surface area contributed by atoms with E-state index < -0.39 is 10.0 Å². The summed E-state index contributed by atoms with van der Waals surface area (Å²) in [5, 5.41) is 0. The minimum absolute atomic E-state index is 0.240. The van der Waals surface area contributed by atoms with E-state index in [0.717, 1.165) is 22.6 Å². The van der Waals surface area contributed by atoms with E-state index in [1.165, 1.54) is 0 Å². The Morgan fingerprint density at radius 3 is 2.59 bits per heavy atom. The van der Waals surface area contributed by atoms with Crippen LogP contribution in [-0.2, 0) is 10.0 Å². The van der Waals surface area contributed by atoms with E-state index in [4.69, 9.17) is 14.5 Å². The molecule has 3 aromatic rings. The van der Waals surface area contributed by atoms with Crippen LogP contribution in [0, 0.1) is 6.92 Å². The number of para-hydroxylation sites is 3. The van der Waals surface area contributed by atoms with Crippen LogP contribution in [0.25, 0.3) is 0 Å². The van der Waals surface area contributed by atoms with E-state index in [9.17, 15) is 8.42 Å². The highest BCUT2D eigenvalue weighted by Crippen LogP contribution is 2.43. The summed E-state index contributed by atoms with van der Waals surface area (Å²) in [6.07, 6.45) is 0. The van der Waals surface area contributed by atoms with Gasteiger partial charge < -0.3 is 14.4 Å². The molecule has 0 N–H and O–H groups in total. The van der Waals surface area contributed by atoms with Crippen LogP contribution >= 0.6 is 0 Å². The van der Waals surface area contributed by atoms with Gasteiger partial charge in [-0.25, -0.2) is 13.4 Å². The Morgan fingerprint density at radius 1 is 1.03 bits per heavy atom. The number of methoxy groups -OCH3 is 1. The number of nitrogens with zero attached hydrogens (tertiary/aromatic N) is 3. The van der Waals surface area contributed by atoms with Crippen molar-refractivity contribution < 1.29 is 17.9 Å². The van der Waals surface area contributed by atoms with Crippen LogP contribution in [0.15, 0.2) is 76.6 Å². The van der Waals surface area contributed by atoms with Gasteiger partial charge in [-0.15, -0.1) is 0 Å². The van der Waals surface area contributed by atoms with Gasteiger partial charge >= 0.3 is 0 Å². The number of aliphatic imine (C=N–C) groups is 1. The van der Waals surface area contributed by atoms with E-state index in [1.54, 1.807) is 29.6 Å². The van der Waals surface area contributed by atoms with Crippen LogP contribution in [0.4, 0.5) is 5.69 Å². The highest BCUT2D eigenvalue weighted by atomic mass is 32.2. The van der Waals surface area contributed by atoms with Gasteiger partial charge in [0.2, 0.25) is 10.0 Å². The average molecular weight is 478 g/mol. The molecule has 0 amide bonds. The molecule has 3 aromatic carbocycles. The Kier molecular flexibility index (Phi) is 5.79. The van der Waals surface area contributed by atoms with Crippen LogP contribution in [0.5, 0.6) is 17.2 Å². The molecule has 2 aliphatic rings. The summed E-state index contributed by atoms with van der Waals surface area (Å²) < 4.78 is 40.2. The SMILES string of the molecule is COc1cccc2c1Oc1ccccc1N=C2N1CCN(S(=O)(=O)c2cccc(C)c2)[C@H](C)C1. The molecule has 1 saturated heterocycles. The number of hydrogen-bond donors (Lipinski definition) is 0. The Hall–Kier alpha value is -3.36. The maximum absolute atomic E-state index is 13.4. The molecule has 7 nitrogen and oxygen atoms in total. The van der Waals surface area contributed by atoms with E-state index in [1.807, 2.05) is 62.4 Å². The summed E-state index contributed by atoms with van der Waals surface area (Å²) in [4.78, 5) is 7.43. The quantitative estimate of drug-likeness (QED) is 0.552. The van der Waals surface area contributed by atoms with Crippen molar-refractivity contribution in [3.63, 3.8) is 0 Å². The number of fused-ring (bicyclic) bond motifs is 2. The van der Waals surface area contributed by atoms with Gasteiger partial charge in [-0.05, 0) is 55.8 Å². The molecule has 1 atom stereocenters. The number of hydrogen-bond acceptors (Lipinski definition) is 6. The molecule has 8 heteroatoms. The van der Waals surface area contributed by atoms with Gasteiger partial charge in [0.1, 0.15) is 11.5 Å². The lowest BCUT2D eigenvalue weighted by molar-refractivity contribution is 0.205. The lowest BCUT2D eigenvalue weighted by Gasteiger charge is -2.40. The van der Waals surface area contributed by atoms with Crippen molar-refractivity contribution in [3.8, 4) is 17.2 Å². The number of benzene rings is 3. The molecule has 5 rings (SSSR count). The second-order valence-electron chi connectivity index (χ2n) is 8.57. The largest absolute Gasteiger partial charge is 0.493 e. The first-order valence-corrected chi connectivity index (χ1v) is 12.7. The zero-order valence-electron chi connectivity index (χ0n) is 19.4. The molecular formula is C26H27N3O4S. The maximum Gasteiger partial charge on any atom is 0.243 e. The fraction of sp³-hybridized carbons (Fsp3) is 0.269. The van der Waals surface area contributed by atoms with Gasteiger partial charge in [-0.1, -0.05) is 30.3 Å². The molecule has 0 unspecified atom stereocenters. The highest BCUT2D eigenvalue weighted by molar-refractivity contribution is 7.89. The molecule has 0 spiro atoms. The molecule has 0 aliphatic carbocycles.